The highest BCUT2D eigenvalue weighted by Crippen LogP contribution is 2.22. The van der Waals surface area contributed by atoms with Crippen molar-refractivity contribution in [2.75, 3.05) is 19.9 Å². The monoisotopic (exact) mass is 340 g/mol. The summed E-state index contributed by atoms with van der Waals surface area (Å²) in [4.78, 5) is 23.9. The molecule has 126 valence electrons. The fraction of sp³-hybridized carbons (Fsp3) is 0.467. The summed E-state index contributed by atoms with van der Waals surface area (Å²) >= 11 is 0. The molecule has 23 heavy (non-hydrogen) atoms. The lowest BCUT2D eigenvalue weighted by Crippen LogP contribution is -2.47. The summed E-state index contributed by atoms with van der Waals surface area (Å²) in [5.74, 6) is -0.246. The first-order valence-corrected chi connectivity index (χ1v) is 9.11. The van der Waals surface area contributed by atoms with Gasteiger partial charge in [-0.15, -0.1) is 0 Å². The van der Waals surface area contributed by atoms with E-state index in [-0.39, 0.29) is 12.8 Å². The molecule has 2 amide bonds. The van der Waals surface area contributed by atoms with Gasteiger partial charge < -0.3 is 10.1 Å². The SMILES string of the molecule is COc1ccccc1CCNC(=O)C1CCC(=O)N1S(C)(=O)=O. The molecule has 1 fully saturated rings. The molecular weight excluding hydrogens is 320 g/mol. The van der Waals surface area contributed by atoms with E-state index in [1.54, 1.807) is 7.11 Å². The molecule has 0 saturated carbocycles. The van der Waals surface area contributed by atoms with Crippen molar-refractivity contribution in [2.45, 2.75) is 25.3 Å². The van der Waals surface area contributed by atoms with Gasteiger partial charge in [0.25, 0.3) is 0 Å². The standard InChI is InChI=1S/C15H20N2O5S/c1-22-13-6-4-3-5-11(13)9-10-16-15(19)12-7-8-14(18)17(12)23(2,20)21/h3-6,12H,7-10H2,1-2H3,(H,16,19). The van der Waals surface area contributed by atoms with Gasteiger partial charge in [-0.05, 0) is 24.5 Å². The normalized spacial score (nSPS) is 18.1. The number of nitrogens with zero attached hydrogens (tertiary/aromatic N) is 1. The molecule has 1 aliphatic heterocycles. The molecule has 1 N–H and O–H groups in total. The van der Waals surface area contributed by atoms with Gasteiger partial charge in [0.2, 0.25) is 21.8 Å². The van der Waals surface area contributed by atoms with E-state index in [1.165, 1.54) is 0 Å². The molecular formula is C15H20N2O5S. The van der Waals surface area contributed by atoms with Crippen LogP contribution in [0.2, 0.25) is 0 Å². The number of para-hydroxylation sites is 1. The molecule has 1 saturated heterocycles. The Balaban J connectivity index is 1.96. The first kappa shape index (κ1) is 17.3. The molecule has 1 aromatic rings. The fourth-order valence-electron chi connectivity index (χ4n) is 2.66. The van der Waals surface area contributed by atoms with Gasteiger partial charge in [-0.25, -0.2) is 12.7 Å². The Kier molecular flexibility index (Phi) is 5.25. The first-order valence-electron chi connectivity index (χ1n) is 7.26. The lowest BCUT2D eigenvalue weighted by Gasteiger charge is -2.21. The zero-order valence-corrected chi connectivity index (χ0v) is 13.9. The maximum Gasteiger partial charge on any atom is 0.244 e. The number of carbonyl (C=O) groups is 2. The Morgan fingerprint density at radius 3 is 2.74 bits per heavy atom. The molecule has 0 radical (unpaired) electrons. The molecule has 2 rings (SSSR count). The van der Waals surface area contributed by atoms with Crippen molar-refractivity contribution in [1.29, 1.82) is 0 Å². The smallest absolute Gasteiger partial charge is 0.244 e. The van der Waals surface area contributed by atoms with Crippen LogP contribution in [-0.4, -0.2) is 50.5 Å². The van der Waals surface area contributed by atoms with Gasteiger partial charge in [-0.2, -0.15) is 0 Å². The van der Waals surface area contributed by atoms with Gasteiger partial charge >= 0.3 is 0 Å². The topological polar surface area (TPSA) is 92.8 Å². The van der Waals surface area contributed by atoms with Crippen LogP contribution in [0, 0.1) is 0 Å². The summed E-state index contributed by atoms with van der Waals surface area (Å²) in [6.07, 6.45) is 1.77. The van der Waals surface area contributed by atoms with Crippen molar-refractivity contribution < 1.29 is 22.7 Å². The highest BCUT2D eigenvalue weighted by molar-refractivity contribution is 7.89. The average Bonchev–Trinajstić information content (AvgIpc) is 2.89. The van der Waals surface area contributed by atoms with Crippen molar-refractivity contribution in [1.82, 2.24) is 9.62 Å². The third kappa shape index (κ3) is 4.01. The van der Waals surface area contributed by atoms with E-state index in [2.05, 4.69) is 5.32 Å². The van der Waals surface area contributed by atoms with Crippen LogP contribution in [0.3, 0.4) is 0 Å². The molecule has 0 bridgehead atoms. The minimum atomic E-state index is -3.73. The van der Waals surface area contributed by atoms with Crippen molar-refractivity contribution in [2.24, 2.45) is 0 Å². The predicted octanol–water partition coefficient (Wildman–Crippen LogP) is 0.304. The maximum atomic E-state index is 12.2. The Morgan fingerprint density at radius 2 is 2.09 bits per heavy atom. The molecule has 7 nitrogen and oxygen atoms in total. The summed E-state index contributed by atoms with van der Waals surface area (Å²) in [7, 11) is -2.16. The van der Waals surface area contributed by atoms with Crippen LogP contribution >= 0.6 is 0 Å². The van der Waals surface area contributed by atoms with Gasteiger partial charge in [0, 0.05) is 13.0 Å². The van der Waals surface area contributed by atoms with Gasteiger partial charge in [-0.3, -0.25) is 9.59 Å². The van der Waals surface area contributed by atoms with Crippen molar-refractivity contribution in [3.63, 3.8) is 0 Å². The largest absolute Gasteiger partial charge is 0.496 e. The summed E-state index contributed by atoms with van der Waals surface area (Å²) in [5, 5.41) is 2.69. The van der Waals surface area contributed by atoms with E-state index in [0.29, 0.717) is 17.3 Å². The molecule has 8 heteroatoms. The number of ether oxygens (including phenoxy) is 1. The van der Waals surface area contributed by atoms with E-state index >= 15 is 0 Å². The van der Waals surface area contributed by atoms with Crippen LogP contribution in [-0.2, 0) is 26.0 Å². The molecule has 0 aliphatic carbocycles. The fourth-order valence-corrected chi connectivity index (χ4v) is 3.79. The number of hydrogen-bond acceptors (Lipinski definition) is 5. The number of rotatable bonds is 6. The zero-order chi connectivity index (χ0) is 17.0. The number of sulfonamides is 1. The number of amides is 2. The Morgan fingerprint density at radius 1 is 1.39 bits per heavy atom. The maximum absolute atomic E-state index is 12.2. The van der Waals surface area contributed by atoms with Crippen molar-refractivity contribution in [3.8, 4) is 5.75 Å². The van der Waals surface area contributed by atoms with Crippen LogP contribution in [0.1, 0.15) is 18.4 Å². The second kappa shape index (κ2) is 6.99. The van der Waals surface area contributed by atoms with E-state index in [9.17, 15) is 18.0 Å². The van der Waals surface area contributed by atoms with Gasteiger partial charge in [0.05, 0.1) is 13.4 Å². The lowest BCUT2D eigenvalue weighted by molar-refractivity contribution is -0.130. The molecule has 1 aromatic carbocycles. The second-order valence-corrected chi connectivity index (χ2v) is 7.22. The number of methoxy groups -OCH3 is 1. The summed E-state index contributed by atoms with van der Waals surface area (Å²) in [6, 6.07) is 6.51. The average molecular weight is 340 g/mol. The van der Waals surface area contributed by atoms with Crippen molar-refractivity contribution >= 4 is 21.8 Å². The van der Waals surface area contributed by atoms with Crippen LogP contribution in [0.4, 0.5) is 0 Å². The second-order valence-electron chi connectivity index (χ2n) is 5.36. The molecule has 1 heterocycles. The van der Waals surface area contributed by atoms with Gasteiger partial charge in [-0.1, -0.05) is 18.2 Å². The van der Waals surface area contributed by atoms with E-state index < -0.39 is 27.9 Å². The summed E-state index contributed by atoms with van der Waals surface area (Å²) in [6.45, 7) is 0.335. The predicted molar refractivity (Wildman–Crippen MR) is 84.4 cm³/mol. The molecule has 1 atom stereocenters. The summed E-state index contributed by atoms with van der Waals surface area (Å²) < 4.78 is 29.2. The Labute approximate surface area is 135 Å². The minimum absolute atomic E-state index is 0.0671. The van der Waals surface area contributed by atoms with Crippen LogP contribution in [0.5, 0.6) is 5.75 Å². The van der Waals surface area contributed by atoms with Crippen LogP contribution in [0.25, 0.3) is 0 Å². The minimum Gasteiger partial charge on any atom is -0.496 e. The van der Waals surface area contributed by atoms with Gasteiger partial charge in [0.1, 0.15) is 11.8 Å². The molecule has 0 spiro atoms. The number of carbonyl (C=O) groups excluding carboxylic acids is 2. The Bertz CT molecular complexity index is 702. The van der Waals surface area contributed by atoms with Crippen LogP contribution in [0.15, 0.2) is 24.3 Å². The highest BCUT2D eigenvalue weighted by Gasteiger charge is 2.41. The van der Waals surface area contributed by atoms with Crippen LogP contribution < -0.4 is 10.1 Å². The van der Waals surface area contributed by atoms with E-state index in [4.69, 9.17) is 4.74 Å². The molecule has 1 unspecified atom stereocenters. The Hall–Kier alpha value is -2.09. The van der Waals surface area contributed by atoms with E-state index in [1.807, 2.05) is 24.3 Å². The third-order valence-electron chi connectivity index (χ3n) is 3.71. The number of nitrogens with one attached hydrogen (secondary N) is 1. The summed E-state index contributed by atoms with van der Waals surface area (Å²) in [5.41, 5.74) is 0.942. The lowest BCUT2D eigenvalue weighted by atomic mass is 10.1. The third-order valence-corrected chi connectivity index (χ3v) is 4.88. The van der Waals surface area contributed by atoms with Crippen molar-refractivity contribution in [3.05, 3.63) is 29.8 Å². The number of benzene rings is 1. The highest BCUT2D eigenvalue weighted by atomic mass is 32.2. The number of hydrogen-bond donors (Lipinski definition) is 1. The van der Waals surface area contributed by atoms with E-state index in [0.717, 1.165) is 17.6 Å². The first-order chi connectivity index (χ1) is 10.8. The quantitative estimate of drug-likeness (QED) is 0.804. The molecule has 1 aliphatic rings. The zero-order valence-electron chi connectivity index (χ0n) is 13.1. The van der Waals surface area contributed by atoms with Gasteiger partial charge in [0.15, 0.2) is 0 Å². The molecule has 0 aromatic heterocycles.